The lowest BCUT2D eigenvalue weighted by Gasteiger charge is -2.15. The van der Waals surface area contributed by atoms with Crippen LogP contribution in [0.2, 0.25) is 0 Å². The minimum atomic E-state index is -1.02. The van der Waals surface area contributed by atoms with E-state index in [0.29, 0.717) is 37.2 Å². The summed E-state index contributed by atoms with van der Waals surface area (Å²) in [5.41, 5.74) is 5.55. The zero-order chi connectivity index (χ0) is 16.3. The summed E-state index contributed by atoms with van der Waals surface area (Å²) in [5, 5.41) is 8.72. The minimum Gasteiger partial charge on any atom is -0.480 e. The molecule has 0 aromatic rings. The number of unbranched alkanes of at least 4 members (excludes halogenated alkanes) is 1. The number of pyridine rings is 1. The average Bonchev–Trinajstić information content (AvgIpc) is 2.44. The molecule has 8 heteroatoms. The minimum absolute atomic E-state index is 0.335. The van der Waals surface area contributed by atoms with Gasteiger partial charge in [0.1, 0.15) is 6.04 Å². The van der Waals surface area contributed by atoms with Crippen molar-refractivity contribution in [3.05, 3.63) is 38.7 Å². The molecule has 0 saturated heterocycles. The molecule has 4 N–H and O–H groups in total. The second-order valence-electron chi connectivity index (χ2n) is 5.26. The van der Waals surface area contributed by atoms with Crippen LogP contribution in [0.4, 0.5) is 0 Å². The third kappa shape index (κ3) is 3.59. The molecule has 0 aromatic heterocycles. The first kappa shape index (κ1) is 15.9. The Labute approximate surface area is 126 Å². The molecule has 8 nitrogen and oxygen atoms in total. The van der Waals surface area contributed by atoms with Crippen LogP contribution in [0.15, 0.2) is 21.9 Å². The highest BCUT2D eigenvalue weighted by atomic mass is 16.4. The highest BCUT2D eigenvalue weighted by Gasteiger charge is 2.14. The van der Waals surface area contributed by atoms with E-state index in [-0.39, 0.29) is 0 Å². The van der Waals surface area contributed by atoms with E-state index in [4.69, 9.17) is 10.8 Å². The molecule has 0 bridgehead atoms. The van der Waals surface area contributed by atoms with Gasteiger partial charge in [-0.05, 0) is 37.8 Å². The number of rotatable bonds is 6. The van der Waals surface area contributed by atoms with E-state index < -0.39 is 23.3 Å². The van der Waals surface area contributed by atoms with Gasteiger partial charge in [-0.1, -0.05) is 0 Å². The number of aromatic amines is 1. The van der Waals surface area contributed by atoms with Gasteiger partial charge in [0.2, 0.25) is 0 Å². The van der Waals surface area contributed by atoms with Crippen LogP contribution in [-0.2, 0) is 11.3 Å². The predicted octanol–water partition coefficient (Wildman–Crippen LogP) is -0.0730. The fourth-order valence-electron chi connectivity index (χ4n) is 2.31. The molecule has 2 aliphatic rings. The number of hydrogen-bond donors (Lipinski definition) is 3. The number of H-pyrrole nitrogens is 1. The Morgan fingerprint density at radius 2 is 2.18 bits per heavy atom. The molecule has 0 fully saturated rings. The molecule has 0 amide bonds. The number of fused-ring (bicyclic) bond motifs is 1. The largest absolute Gasteiger partial charge is 0.480 e. The van der Waals surface area contributed by atoms with E-state index in [2.05, 4.69) is 9.97 Å². The zero-order valence-electron chi connectivity index (χ0n) is 12.2. The summed E-state index contributed by atoms with van der Waals surface area (Å²) in [4.78, 5) is 39.8. The van der Waals surface area contributed by atoms with E-state index in [9.17, 15) is 14.4 Å². The standard InChI is InChI=1S/C14H18N4O4/c1-8-6-9-11(16-14(22)17-12(9)19)18(7-8)5-3-2-4-10(15)13(20)21/h6-7,10H,2-5,15H2,1H3,(H,20,21)(H,17,19,22). The van der Waals surface area contributed by atoms with E-state index >= 15 is 0 Å². The van der Waals surface area contributed by atoms with E-state index in [1.807, 2.05) is 13.1 Å². The molecule has 2 heterocycles. The maximum Gasteiger partial charge on any atom is 0.349 e. The lowest BCUT2D eigenvalue weighted by atomic mass is 10.1. The highest BCUT2D eigenvalue weighted by Crippen LogP contribution is 2.16. The number of aromatic nitrogens is 3. The van der Waals surface area contributed by atoms with Crippen molar-refractivity contribution < 1.29 is 9.90 Å². The molecule has 0 aromatic carbocycles. The Kier molecular flexibility index (Phi) is 4.71. The lowest BCUT2D eigenvalue weighted by Crippen LogP contribution is -2.30. The Hall–Kier alpha value is -2.48. The fourth-order valence-corrected chi connectivity index (χ4v) is 2.31. The van der Waals surface area contributed by atoms with Crippen LogP contribution in [0.1, 0.15) is 24.8 Å². The maximum atomic E-state index is 11.8. The summed E-state index contributed by atoms with van der Waals surface area (Å²) >= 11 is 0. The molecule has 0 spiro atoms. The van der Waals surface area contributed by atoms with Gasteiger partial charge >= 0.3 is 11.7 Å². The molecule has 1 unspecified atom stereocenters. The Morgan fingerprint density at radius 1 is 1.45 bits per heavy atom. The van der Waals surface area contributed by atoms with Gasteiger partial charge in [0.25, 0.3) is 5.56 Å². The smallest absolute Gasteiger partial charge is 0.349 e. The van der Waals surface area contributed by atoms with Crippen molar-refractivity contribution in [2.45, 2.75) is 38.8 Å². The van der Waals surface area contributed by atoms with Crippen molar-refractivity contribution in [2.24, 2.45) is 5.73 Å². The fraction of sp³-hybridized carbons (Fsp3) is 0.429. The summed E-state index contributed by atoms with van der Waals surface area (Å²) in [6.07, 6.45) is 3.49. The SMILES string of the molecule is Cc1cc2c(=O)[nH]c(=O)nc-2n(CCCCC(N)C(=O)O)c1. The van der Waals surface area contributed by atoms with Gasteiger partial charge in [-0.15, -0.1) is 0 Å². The average molecular weight is 306 g/mol. The molecule has 118 valence electrons. The molecule has 1 atom stereocenters. The first-order valence-electron chi connectivity index (χ1n) is 6.98. The number of nitrogens with two attached hydrogens (primary N) is 1. The Bertz CT molecular complexity index is 764. The first-order valence-corrected chi connectivity index (χ1v) is 6.98. The van der Waals surface area contributed by atoms with Crippen molar-refractivity contribution in [3.63, 3.8) is 0 Å². The van der Waals surface area contributed by atoms with Gasteiger partial charge in [-0.3, -0.25) is 14.6 Å². The Balaban J connectivity index is 2.16. The topological polar surface area (TPSA) is 131 Å². The molecular formula is C14H18N4O4. The van der Waals surface area contributed by atoms with Gasteiger partial charge in [0.05, 0.1) is 5.56 Å². The number of nitrogens with zero attached hydrogens (tertiary/aromatic N) is 2. The number of aryl methyl sites for hydroxylation is 2. The summed E-state index contributed by atoms with van der Waals surface area (Å²) in [5.74, 6) is -0.681. The van der Waals surface area contributed by atoms with Crippen molar-refractivity contribution in [2.75, 3.05) is 0 Å². The van der Waals surface area contributed by atoms with E-state index in [1.165, 1.54) is 0 Å². The van der Waals surface area contributed by atoms with Crippen LogP contribution >= 0.6 is 0 Å². The Morgan fingerprint density at radius 3 is 2.86 bits per heavy atom. The van der Waals surface area contributed by atoms with Crippen LogP contribution in [0, 0.1) is 6.92 Å². The molecule has 2 aliphatic heterocycles. The summed E-state index contributed by atoms with van der Waals surface area (Å²) in [6, 6.07) is 0.811. The first-order chi connectivity index (χ1) is 10.4. The number of carbonyl (C=O) groups is 1. The van der Waals surface area contributed by atoms with Crippen LogP contribution < -0.4 is 17.0 Å². The highest BCUT2D eigenvalue weighted by molar-refractivity contribution is 5.72. The van der Waals surface area contributed by atoms with Gasteiger partial charge in [0.15, 0.2) is 5.82 Å². The van der Waals surface area contributed by atoms with Gasteiger partial charge in [-0.25, -0.2) is 4.79 Å². The van der Waals surface area contributed by atoms with Crippen molar-refractivity contribution in [1.29, 1.82) is 0 Å². The monoisotopic (exact) mass is 306 g/mol. The summed E-state index contributed by atoms with van der Waals surface area (Å²) in [7, 11) is 0. The predicted molar refractivity (Wildman–Crippen MR) is 79.9 cm³/mol. The van der Waals surface area contributed by atoms with Crippen molar-refractivity contribution in [1.82, 2.24) is 14.5 Å². The van der Waals surface area contributed by atoms with E-state index in [0.717, 1.165) is 5.56 Å². The second-order valence-corrected chi connectivity index (χ2v) is 5.26. The third-order valence-electron chi connectivity index (χ3n) is 3.40. The molecule has 0 radical (unpaired) electrons. The number of hydrogen-bond acceptors (Lipinski definition) is 5. The summed E-state index contributed by atoms with van der Waals surface area (Å²) in [6.45, 7) is 2.38. The van der Waals surface area contributed by atoms with Crippen LogP contribution in [0.3, 0.4) is 0 Å². The van der Waals surface area contributed by atoms with E-state index in [1.54, 1.807) is 10.6 Å². The third-order valence-corrected chi connectivity index (χ3v) is 3.40. The molecular weight excluding hydrogens is 288 g/mol. The number of carboxylic acids is 1. The summed E-state index contributed by atoms with van der Waals surface area (Å²) < 4.78 is 1.74. The number of nitrogens with one attached hydrogen (secondary N) is 1. The molecule has 0 aliphatic carbocycles. The van der Waals surface area contributed by atoms with Gasteiger partial charge < -0.3 is 15.4 Å². The normalized spacial score (nSPS) is 12.5. The van der Waals surface area contributed by atoms with Crippen LogP contribution in [-0.4, -0.2) is 31.7 Å². The quantitative estimate of drug-likeness (QED) is 0.640. The molecule has 2 rings (SSSR count). The van der Waals surface area contributed by atoms with Crippen LogP contribution in [0.25, 0.3) is 11.4 Å². The van der Waals surface area contributed by atoms with Gasteiger partial charge in [0, 0.05) is 12.7 Å². The van der Waals surface area contributed by atoms with Crippen molar-refractivity contribution in [3.8, 4) is 11.4 Å². The second kappa shape index (κ2) is 6.52. The van der Waals surface area contributed by atoms with Crippen LogP contribution in [0.5, 0.6) is 0 Å². The molecule has 0 saturated carbocycles. The number of aliphatic carboxylic acids is 1. The number of carboxylic acid groups (broad SMARTS) is 1. The van der Waals surface area contributed by atoms with Gasteiger partial charge in [-0.2, -0.15) is 4.98 Å². The lowest BCUT2D eigenvalue weighted by molar-refractivity contribution is -0.138. The van der Waals surface area contributed by atoms with Crippen molar-refractivity contribution >= 4 is 5.97 Å². The zero-order valence-corrected chi connectivity index (χ0v) is 12.2. The maximum absolute atomic E-state index is 11.8. The molecule has 22 heavy (non-hydrogen) atoms.